The number of carbonyl (C=O) groups is 1. The van der Waals surface area contributed by atoms with Gasteiger partial charge in [-0.2, -0.15) is 0 Å². The van der Waals surface area contributed by atoms with Crippen LogP contribution in [0.15, 0.2) is 36.4 Å². The molecule has 2 aromatic carbocycles. The summed E-state index contributed by atoms with van der Waals surface area (Å²) in [5, 5.41) is 4.05. The van der Waals surface area contributed by atoms with Crippen LogP contribution in [-0.2, 0) is 6.42 Å². The van der Waals surface area contributed by atoms with Crippen LogP contribution in [0, 0.1) is 5.82 Å². The second-order valence-electron chi connectivity index (χ2n) is 5.14. The van der Waals surface area contributed by atoms with Crippen LogP contribution in [0.25, 0.3) is 0 Å². The molecule has 1 atom stereocenters. The summed E-state index contributed by atoms with van der Waals surface area (Å²) in [7, 11) is 0. The van der Waals surface area contributed by atoms with Crippen molar-refractivity contribution in [2.75, 3.05) is 5.32 Å². The lowest BCUT2D eigenvalue weighted by molar-refractivity contribution is 0.0996. The summed E-state index contributed by atoms with van der Waals surface area (Å²) in [4.78, 5) is 11.2. The molecule has 0 aliphatic heterocycles. The van der Waals surface area contributed by atoms with E-state index in [1.165, 1.54) is 23.3 Å². The Kier molecular flexibility index (Phi) is 3.55. The fraction of sp³-hybridized carbons (Fsp3) is 0.188. The molecular weight excluding hydrogens is 291 g/mol. The Morgan fingerprint density at radius 2 is 2.10 bits per heavy atom. The Balaban J connectivity index is 1.86. The first-order valence-corrected chi connectivity index (χ1v) is 7.06. The monoisotopic (exact) mass is 304 g/mol. The molecule has 2 aromatic rings. The third-order valence-corrected chi connectivity index (χ3v) is 3.99. The van der Waals surface area contributed by atoms with E-state index in [0.29, 0.717) is 5.69 Å². The molecule has 1 aliphatic rings. The van der Waals surface area contributed by atoms with Crippen molar-refractivity contribution in [2.45, 2.75) is 18.9 Å². The second-order valence-corrected chi connectivity index (χ2v) is 5.57. The average Bonchev–Trinajstić information content (AvgIpc) is 2.83. The van der Waals surface area contributed by atoms with Crippen molar-refractivity contribution in [1.29, 1.82) is 0 Å². The van der Waals surface area contributed by atoms with Crippen LogP contribution in [0.3, 0.4) is 0 Å². The van der Waals surface area contributed by atoms with Gasteiger partial charge >= 0.3 is 0 Å². The highest BCUT2D eigenvalue weighted by molar-refractivity contribution is 6.30. The van der Waals surface area contributed by atoms with Gasteiger partial charge < -0.3 is 11.1 Å². The maximum atomic E-state index is 13.5. The van der Waals surface area contributed by atoms with Crippen LogP contribution in [0.5, 0.6) is 0 Å². The van der Waals surface area contributed by atoms with Crippen LogP contribution in [0.1, 0.15) is 33.9 Å². The lowest BCUT2D eigenvalue weighted by Gasteiger charge is -2.16. The summed E-state index contributed by atoms with van der Waals surface area (Å²) >= 11 is 5.99. The molecule has 108 valence electrons. The number of hydrogen-bond acceptors (Lipinski definition) is 2. The largest absolute Gasteiger partial charge is 0.378 e. The fourth-order valence-corrected chi connectivity index (χ4v) is 2.94. The molecule has 0 aromatic heterocycles. The van der Waals surface area contributed by atoms with E-state index in [2.05, 4.69) is 5.32 Å². The van der Waals surface area contributed by atoms with E-state index in [4.69, 9.17) is 17.3 Å². The minimum atomic E-state index is -0.769. The smallest absolute Gasteiger partial charge is 0.251 e. The zero-order valence-electron chi connectivity index (χ0n) is 11.2. The SMILES string of the molecule is NC(=O)c1cc(NC2CCc3cc(Cl)ccc32)ccc1F. The second kappa shape index (κ2) is 5.37. The summed E-state index contributed by atoms with van der Waals surface area (Å²) in [6.07, 6.45) is 1.87. The molecule has 21 heavy (non-hydrogen) atoms. The molecule has 0 heterocycles. The van der Waals surface area contributed by atoms with Gasteiger partial charge in [-0.1, -0.05) is 17.7 Å². The van der Waals surface area contributed by atoms with E-state index >= 15 is 0 Å². The van der Waals surface area contributed by atoms with Gasteiger partial charge in [-0.25, -0.2) is 4.39 Å². The molecule has 3 rings (SSSR count). The van der Waals surface area contributed by atoms with Gasteiger partial charge in [0.15, 0.2) is 0 Å². The Labute approximate surface area is 126 Å². The van der Waals surface area contributed by atoms with Crippen LogP contribution >= 0.6 is 11.6 Å². The summed E-state index contributed by atoms with van der Waals surface area (Å²) in [5.41, 5.74) is 8.14. The first-order valence-electron chi connectivity index (χ1n) is 6.69. The molecule has 1 unspecified atom stereocenters. The van der Waals surface area contributed by atoms with E-state index in [9.17, 15) is 9.18 Å². The van der Waals surface area contributed by atoms with Crippen LogP contribution in [-0.4, -0.2) is 5.91 Å². The van der Waals surface area contributed by atoms with Crippen molar-refractivity contribution >= 4 is 23.2 Å². The predicted molar refractivity (Wildman–Crippen MR) is 81.1 cm³/mol. The minimum Gasteiger partial charge on any atom is -0.378 e. The number of nitrogens with one attached hydrogen (secondary N) is 1. The molecule has 3 N–H and O–H groups in total. The van der Waals surface area contributed by atoms with Crippen molar-refractivity contribution in [3.8, 4) is 0 Å². The number of rotatable bonds is 3. The highest BCUT2D eigenvalue weighted by atomic mass is 35.5. The van der Waals surface area contributed by atoms with Gasteiger partial charge in [0.1, 0.15) is 5.82 Å². The Morgan fingerprint density at radius 3 is 2.86 bits per heavy atom. The molecule has 5 heteroatoms. The maximum Gasteiger partial charge on any atom is 0.251 e. The summed E-state index contributed by atoms with van der Waals surface area (Å²) in [6, 6.07) is 10.3. The van der Waals surface area contributed by atoms with E-state index in [-0.39, 0.29) is 11.6 Å². The number of benzene rings is 2. The van der Waals surface area contributed by atoms with Crippen molar-refractivity contribution in [3.63, 3.8) is 0 Å². The Bertz CT molecular complexity index is 717. The summed E-state index contributed by atoms with van der Waals surface area (Å²) in [6.45, 7) is 0. The molecule has 0 bridgehead atoms. The molecule has 1 amide bonds. The molecule has 0 fully saturated rings. The predicted octanol–water partition coefficient (Wildman–Crippen LogP) is 3.68. The highest BCUT2D eigenvalue weighted by Gasteiger charge is 2.22. The van der Waals surface area contributed by atoms with Gasteiger partial charge in [-0.05, 0) is 54.3 Å². The Morgan fingerprint density at radius 1 is 1.29 bits per heavy atom. The van der Waals surface area contributed by atoms with Crippen molar-refractivity contribution in [2.24, 2.45) is 5.73 Å². The number of nitrogens with two attached hydrogens (primary N) is 1. The molecule has 3 nitrogen and oxygen atoms in total. The van der Waals surface area contributed by atoms with Crippen molar-refractivity contribution in [3.05, 3.63) is 63.9 Å². The molecule has 0 saturated heterocycles. The summed E-state index contributed by atoms with van der Waals surface area (Å²) in [5.74, 6) is -1.37. The number of carbonyl (C=O) groups excluding carboxylic acids is 1. The van der Waals surface area contributed by atoms with Gasteiger partial charge in [-0.15, -0.1) is 0 Å². The fourth-order valence-electron chi connectivity index (χ4n) is 2.74. The Hall–Kier alpha value is -2.07. The van der Waals surface area contributed by atoms with Crippen molar-refractivity contribution < 1.29 is 9.18 Å². The van der Waals surface area contributed by atoms with Gasteiger partial charge in [-0.3, -0.25) is 4.79 Å². The van der Waals surface area contributed by atoms with Crippen LogP contribution in [0.4, 0.5) is 10.1 Å². The third-order valence-electron chi connectivity index (χ3n) is 3.76. The number of primary amides is 1. The van der Waals surface area contributed by atoms with Gasteiger partial charge in [0, 0.05) is 10.7 Å². The molecule has 0 saturated carbocycles. The molecule has 0 spiro atoms. The van der Waals surface area contributed by atoms with Gasteiger partial charge in [0.2, 0.25) is 0 Å². The number of aryl methyl sites for hydroxylation is 1. The molecule has 1 aliphatic carbocycles. The number of anilines is 1. The number of fused-ring (bicyclic) bond motifs is 1. The van der Waals surface area contributed by atoms with E-state index < -0.39 is 11.7 Å². The normalized spacial score (nSPS) is 16.6. The topological polar surface area (TPSA) is 55.1 Å². The molecular formula is C16H14ClFN2O. The minimum absolute atomic E-state index is 0.102. The van der Waals surface area contributed by atoms with Crippen LogP contribution < -0.4 is 11.1 Å². The first kappa shape index (κ1) is 13.9. The lowest BCUT2D eigenvalue weighted by Crippen LogP contribution is -2.14. The number of amides is 1. The number of halogens is 2. The third kappa shape index (κ3) is 2.72. The van der Waals surface area contributed by atoms with E-state index in [1.807, 2.05) is 18.2 Å². The molecule has 0 radical (unpaired) electrons. The van der Waals surface area contributed by atoms with Gasteiger partial charge in [0.05, 0.1) is 11.6 Å². The van der Waals surface area contributed by atoms with Crippen LogP contribution in [0.2, 0.25) is 5.02 Å². The number of hydrogen-bond donors (Lipinski definition) is 2. The lowest BCUT2D eigenvalue weighted by atomic mass is 10.1. The van der Waals surface area contributed by atoms with Gasteiger partial charge in [0.25, 0.3) is 5.91 Å². The zero-order valence-corrected chi connectivity index (χ0v) is 12.0. The quantitative estimate of drug-likeness (QED) is 0.909. The van der Waals surface area contributed by atoms with E-state index in [1.54, 1.807) is 6.07 Å². The summed E-state index contributed by atoms with van der Waals surface area (Å²) < 4.78 is 13.5. The average molecular weight is 305 g/mol. The van der Waals surface area contributed by atoms with E-state index in [0.717, 1.165) is 17.9 Å². The highest BCUT2D eigenvalue weighted by Crippen LogP contribution is 2.35. The standard InChI is InChI=1S/C16H14ClFN2O/c17-10-2-4-12-9(7-10)1-6-15(12)20-11-3-5-14(18)13(8-11)16(19)21/h2-5,7-8,15,20H,1,6H2,(H2,19,21). The van der Waals surface area contributed by atoms with Crippen molar-refractivity contribution in [1.82, 2.24) is 0 Å². The maximum absolute atomic E-state index is 13.5. The zero-order chi connectivity index (χ0) is 15.0. The first-order chi connectivity index (χ1) is 10.0.